The van der Waals surface area contributed by atoms with E-state index in [1.54, 1.807) is 46.1 Å². The van der Waals surface area contributed by atoms with Crippen LogP contribution in [0.2, 0.25) is 5.02 Å². The summed E-state index contributed by atoms with van der Waals surface area (Å²) in [4.78, 5) is 23.4. The van der Waals surface area contributed by atoms with Gasteiger partial charge in [-0.05, 0) is 37.3 Å². The van der Waals surface area contributed by atoms with E-state index in [0.717, 1.165) is 0 Å². The van der Waals surface area contributed by atoms with Crippen molar-refractivity contribution in [3.8, 4) is 11.3 Å². The average Bonchev–Trinajstić information content (AvgIpc) is 3.24. The molecule has 0 aromatic carbocycles. The Morgan fingerprint density at radius 1 is 1.28 bits per heavy atom. The van der Waals surface area contributed by atoms with Gasteiger partial charge < -0.3 is 9.64 Å². The third-order valence-corrected chi connectivity index (χ3v) is 5.83. The molecule has 2 aliphatic rings. The first-order valence-corrected chi connectivity index (χ1v) is 10.3. The SMILES string of the molecule is COC1=CC2C(=O)N([C@@H](C)c3nnc4c(F)cc(-c5ccc(Cl)cn5)cn34)C=CC2N=C1. The number of hydrogen-bond donors (Lipinski definition) is 0. The molecule has 0 saturated carbocycles. The topological polar surface area (TPSA) is 85.0 Å². The van der Waals surface area contributed by atoms with Crippen molar-refractivity contribution in [2.75, 3.05) is 7.11 Å². The zero-order valence-electron chi connectivity index (χ0n) is 17.2. The summed E-state index contributed by atoms with van der Waals surface area (Å²) in [5.41, 5.74) is 1.16. The molecule has 2 unspecified atom stereocenters. The van der Waals surface area contributed by atoms with Crippen molar-refractivity contribution < 1.29 is 13.9 Å². The lowest BCUT2D eigenvalue weighted by Gasteiger charge is -2.34. The summed E-state index contributed by atoms with van der Waals surface area (Å²) in [5.74, 6) is -0.213. The fourth-order valence-electron chi connectivity index (χ4n) is 3.89. The predicted octanol–water partition coefficient (Wildman–Crippen LogP) is 3.60. The molecule has 0 radical (unpaired) electrons. The smallest absolute Gasteiger partial charge is 0.236 e. The number of methoxy groups -OCH3 is 1. The van der Waals surface area contributed by atoms with Crippen LogP contribution in [0, 0.1) is 11.7 Å². The number of aromatic nitrogens is 4. The third-order valence-electron chi connectivity index (χ3n) is 5.61. The Morgan fingerprint density at radius 2 is 2.12 bits per heavy atom. The maximum atomic E-state index is 14.8. The van der Waals surface area contributed by atoms with Crippen LogP contribution in [0.4, 0.5) is 4.39 Å². The monoisotopic (exact) mass is 452 g/mol. The molecule has 2 aliphatic heterocycles. The summed E-state index contributed by atoms with van der Waals surface area (Å²) in [6, 6.07) is 3.95. The van der Waals surface area contributed by atoms with E-state index in [2.05, 4.69) is 20.2 Å². The Bertz CT molecular complexity index is 1300. The van der Waals surface area contributed by atoms with E-state index in [-0.39, 0.29) is 17.6 Å². The van der Waals surface area contributed by atoms with Gasteiger partial charge in [0.15, 0.2) is 17.3 Å². The Hall–Kier alpha value is -3.59. The van der Waals surface area contributed by atoms with Gasteiger partial charge in [0, 0.05) is 24.2 Å². The largest absolute Gasteiger partial charge is 0.495 e. The fourth-order valence-corrected chi connectivity index (χ4v) is 4.00. The average molecular weight is 453 g/mol. The van der Waals surface area contributed by atoms with Crippen molar-refractivity contribution in [3.05, 3.63) is 71.4 Å². The van der Waals surface area contributed by atoms with Crippen LogP contribution in [0.15, 0.2) is 59.7 Å². The zero-order chi connectivity index (χ0) is 22.4. The first-order valence-electron chi connectivity index (χ1n) is 9.92. The minimum Gasteiger partial charge on any atom is -0.495 e. The number of aliphatic imine (C=N–C) groups is 1. The third kappa shape index (κ3) is 3.34. The van der Waals surface area contributed by atoms with Crippen LogP contribution in [0.25, 0.3) is 16.9 Å². The summed E-state index contributed by atoms with van der Waals surface area (Å²) < 4.78 is 21.6. The van der Waals surface area contributed by atoms with Gasteiger partial charge in [-0.15, -0.1) is 10.2 Å². The second-order valence-corrected chi connectivity index (χ2v) is 7.96. The highest BCUT2D eigenvalue weighted by molar-refractivity contribution is 6.30. The highest BCUT2D eigenvalue weighted by Crippen LogP contribution is 2.31. The lowest BCUT2D eigenvalue weighted by molar-refractivity contribution is -0.134. The summed E-state index contributed by atoms with van der Waals surface area (Å²) in [5, 5.41) is 8.66. The molecule has 1 amide bonds. The molecule has 162 valence electrons. The van der Waals surface area contributed by atoms with E-state index >= 15 is 0 Å². The molecule has 5 heterocycles. The molecule has 3 atom stereocenters. The first kappa shape index (κ1) is 20.3. The molecule has 10 heteroatoms. The molecule has 0 bridgehead atoms. The van der Waals surface area contributed by atoms with Gasteiger partial charge in [0.05, 0.1) is 42.0 Å². The molecule has 0 spiro atoms. The Morgan fingerprint density at radius 3 is 2.88 bits per heavy atom. The standard InChI is InChI=1S/C22H18ClFN6O2/c1-12(29-6-5-19-16(22(29)31)8-15(32-2)10-26-19)20-27-28-21-17(24)7-13(11-30(20)21)18-4-3-14(23)9-25-18/h3-12,16,19H,1-2H3/t12-,16?,19?/m0/s1. The predicted molar refractivity (Wildman–Crippen MR) is 116 cm³/mol. The van der Waals surface area contributed by atoms with E-state index in [4.69, 9.17) is 16.3 Å². The molecule has 0 aliphatic carbocycles. The molecule has 3 aromatic heterocycles. The summed E-state index contributed by atoms with van der Waals surface area (Å²) in [7, 11) is 1.53. The number of carbonyl (C=O) groups excluding carboxylic acids is 1. The molecule has 0 fully saturated rings. The van der Waals surface area contributed by atoms with E-state index in [1.807, 2.05) is 13.0 Å². The van der Waals surface area contributed by atoms with E-state index in [1.165, 1.54) is 19.4 Å². The zero-order valence-corrected chi connectivity index (χ0v) is 17.9. The maximum absolute atomic E-state index is 14.8. The number of ether oxygens (including phenoxy) is 1. The van der Waals surface area contributed by atoms with Crippen LogP contribution in [-0.4, -0.2) is 49.8 Å². The Kier molecular flexibility index (Phi) is 4.97. The van der Waals surface area contributed by atoms with Gasteiger partial charge in [0.25, 0.3) is 0 Å². The van der Waals surface area contributed by atoms with E-state index < -0.39 is 17.8 Å². The number of nitrogens with zero attached hydrogens (tertiary/aromatic N) is 6. The number of hydrogen-bond acceptors (Lipinski definition) is 6. The second kappa shape index (κ2) is 7.83. The lowest BCUT2D eigenvalue weighted by Crippen LogP contribution is -2.42. The van der Waals surface area contributed by atoms with Crippen LogP contribution >= 0.6 is 11.6 Å². The quantitative estimate of drug-likeness (QED) is 0.603. The van der Waals surface area contributed by atoms with Crippen LogP contribution in [0.1, 0.15) is 18.8 Å². The number of carbonyl (C=O) groups is 1. The number of rotatable bonds is 4. The number of allylic oxidation sites excluding steroid dienone is 1. The van der Waals surface area contributed by atoms with E-state index in [9.17, 15) is 9.18 Å². The summed E-state index contributed by atoms with van der Waals surface area (Å²) in [6.45, 7) is 1.82. The lowest BCUT2D eigenvalue weighted by atomic mass is 9.92. The van der Waals surface area contributed by atoms with Crippen molar-refractivity contribution >= 4 is 29.4 Å². The number of amides is 1. The van der Waals surface area contributed by atoms with Gasteiger partial charge in [-0.25, -0.2) is 4.39 Å². The van der Waals surface area contributed by atoms with Crippen molar-refractivity contribution in [2.45, 2.75) is 19.0 Å². The molecule has 32 heavy (non-hydrogen) atoms. The normalized spacial score (nSPS) is 20.9. The number of dihydropyridines is 1. The van der Waals surface area contributed by atoms with Crippen molar-refractivity contribution in [3.63, 3.8) is 0 Å². The highest BCUT2D eigenvalue weighted by Gasteiger charge is 2.37. The highest BCUT2D eigenvalue weighted by atomic mass is 35.5. The van der Waals surface area contributed by atoms with Crippen LogP contribution in [0.3, 0.4) is 0 Å². The fraction of sp³-hybridized carbons (Fsp3) is 0.227. The summed E-state index contributed by atoms with van der Waals surface area (Å²) >= 11 is 5.92. The second-order valence-electron chi connectivity index (χ2n) is 7.52. The maximum Gasteiger partial charge on any atom is 0.236 e. The van der Waals surface area contributed by atoms with Crippen molar-refractivity contribution in [1.82, 2.24) is 24.5 Å². The minimum atomic E-state index is -0.542. The Labute approximate surface area is 187 Å². The molecule has 3 aromatic rings. The minimum absolute atomic E-state index is 0.0692. The van der Waals surface area contributed by atoms with Gasteiger partial charge in [-0.2, -0.15) is 0 Å². The van der Waals surface area contributed by atoms with Crippen molar-refractivity contribution in [2.24, 2.45) is 10.9 Å². The molecular weight excluding hydrogens is 435 g/mol. The van der Waals surface area contributed by atoms with E-state index in [0.29, 0.717) is 27.9 Å². The number of fused-ring (bicyclic) bond motifs is 2. The van der Waals surface area contributed by atoms with Gasteiger partial charge in [-0.3, -0.25) is 19.2 Å². The van der Waals surface area contributed by atoms with Crippen LogP contribution in [0.5, 0.6) is 0 Å². The van der Waals surface area contributed by atoms with Gasteiger partial charge >= 0.3 is 0 Å². The first-order chi connectivity index (χ1) is 15.5. The Balaban J connectivity index is 1.53. The molecule has 0 N–H and O–H groups in total. The van der Waals surface area contributed by atoms with Gasteiger partial charge in [-0.1, -0.05) is 11.6 Å². The molecular formula is C22H18ClFN6O2. The van der Waals surface area contributed by atoms with Gasteiger partial charge in [0.2, 0.25) is 5.91 Å². The number of halogens is 2. The van der Waals surface area contributed by atoms with Crippen LogP contribution < -0.4 is 0 Å². The number of pyridine rings is 2. The molecule has 8 nitrogen and oxygen atoms in total. The summed E-state index contributed by atoms with van der Waals surface area (Å²) in [6.07, 6.45) is 10.1. The van der Waals surface area contributed by atoms with Gasteiger partial charge in [0.1, 0.15) is 5.76 Å². The molecule has 5 rings (SSSR count). The van der Waals surface area contributed by atoms with Crippen molar-refractivity contribution in [1.29, 1.82) is 0 Å². The molecule has 0 saturated heterocycles. The van der Waals surface area contributed by atoms with Crippen LogP contribution in [-0.2, 0) is 9.53 Å².